The lowest BCUT2D eigenvalue weighted by Gasteiger charge is -2.15. The third-order valence-corrected chi connectivity index (χ3v) is 7.84. The standard InChI is InChI=1S/C43H68N2O7/c1-3-5-7-9-11-13-15-17-19-20-22-24-26-28-32-38(33-30-31-34-40(47)44-36-41(48)45-39(37-46)43(50)51)52-42(49)35-29-27-25-23-21-18-16-14-12-10-8-6-4-2/h5,7-8,10-11,13-14,16-17,19,22,24,28,32,38-39,46H,3-4,6,9,12,15,18,20-21,23,25-27,29-31,33-37H2,1-2H3,(H,44,47)(H,45,48)(H,50,51)/b7-5-,10-8-,13-11-,16-14-,19-17-,24-22-,32-28-. The summed E-state index contributed by atoms with van der Waals surface area (Å²) in [5, 5.41) is 22.5. The Bertz CT molecular complexity index is 1150. The molecule has 0 aromatic heterocycles. The summed E-state index contributed by atoms with van der Waals surface area (Å²) in [4.78, 5) is 47.7. The number of carbonyl (C=O) groups is 4. The van der Waals surface area contributed by atoms with Crippen LogP contribution in [0.5, 0.6) is 0 Å². The molecule has 0 rings (SSSR count). The number of esters is 1. The van der Waals surface area contributed by atoms with Crippen LogP contribution >= 0.6 is 0 Å². The number of unbranched alkanes of at least 4 members (excludes halogenated alkanes) is 7. The highest BCUT2D eigenvalue weighted by Gasteiger charge is 2.19. The maximum Gasteiger partial charge on any atom is 0.328 e. The van der Waals surface area contributed by atoms with Gasteiger partial charge in [-0.1, -0.05) is 119 Å². The molecule has 292 valence electrons. The van der Waals surface area contributed by atoms with E-state index in [1.165, 1.54) is 6.42 Å². The molecular weight excluding hydrogens is 656 g/mol. The van der Waals surface area contributed by atoms with Crippen LogP contribution < -0.4 is 10.6 Å². The van der Waals surface area contributed by atoms with Gasteiger partial charge >= 0.3 is 11.9 Å². The van der Waals surface area contributed by atoms with E-state index in [-0.39, 0.29) is 30.9 Å². The van der Waals surface area contributed by atoms with Gasteiger partial charge in [-0.15, -0.1) is 0 Å². The number of hydrogen-bond donors (Lipinski definition) is 4. The zero-order chi connectivity index (χ0) is 38.3. The van der Waals surface area contributed by atoms with Gasteiger partial charge in [0.25, 0.3) is 0 Å². The minimum Gasteiger partial charge on any atom is -0.480 e. The van der Waals surface area contributed by atoms with Crippen molar-refractivity contribution in [3.63, 3.8) is 0 Å². The van der Waals surface area contributed by atoms with Crippen molar-refractivity contribution in [3.8, 4) is 0 Å². The molecule has 0 aromatic carbocycles. The summed E-state index contributed by atoms with van der Waals surface area (Å²) in [5.74, 6) is -2.61. The normalized spacial score (nSPS) is 13.4. The first-order valence-electron chi connectivity index (χ1n) is 19.5. The summed E-state index contributed by atoms with van der Waals surface area (Å²) in [5.41, 5.74) is 0. The predicted octanol–water partition coefficient (Wildman–Crippen LogP) is 8.92. The Kier molecular flexibility index (Phi) is 34.0. The van der Waals surface area contributed by atoms with E-state index in [9.17, 15) is 19.2 Å². The summed E-state index contributed by atoms with van der Waals surface area (Å²) in [6.45, 7) is 3.19. The zero-order valence-electron chi connectivity index (χ0n) is 32.0. The molecule has 52 heavy (non-hydrogen) atoms. The fourth-order valence-corrected chi connectivity index (χ4v) is 4.87. The fourth-order valence-electron chi connectivity index (χ4n) is 4.87. The third-order valence-electron chi connectivity index (χ3n) is 7.84. The van der Waals surface area contributed by atoms with Gasteiger partial charge in [-0.2, -0.15) is 0 Å². The van der Waals surface area contributed by atoms with Crippen LogP contribution in [0, 0.1) is 0 Å². The molecule has 9 heteroatoms. The Morgan fingerprint density at radius 2 is 1.15 bits per heavy atom. The van der Waals surface area contributed by atoms with Crippen molar-refractivity contribution in [2.75, 3.05) is 13.2 Å². The van der Waals surface area contributed by atoms with Crippen LogP contribution in [-0.4, -0.2) is 59.3 Å². The van der Waals surface area contributed by atoms with Crippen molar-refractivity contribution >= 4 is 23.8 Å². The van der Waals surface area contributed by atoms with Gasteiger partial charge in [-0.25, -0.2) is 4.79 Å². The fraction of sp³-hybridized carbons (Fsp3) is 0.581. The molecule has 2 unspecified atom stereocenters. The molecule has 2 amide bonds. The summed E-state index contributed by atoms with van der Waals surface area (Å²) < 4.78 is 5.82. The molecule has 0 aromatic rings. The molecule has 0 spiro atoms. The van der Waals surface area contributed by atoms with E-state index in [1.807, 2.05) is 12.2 Å². The molecule has 0 heterocycles. The Morgan fingerprint density at radius 3 is 1.75 bits per heavy atom. The van der Waals surface area contributed by atoms with E-state index in [0.717, 1.165) is 83.5 Å². The zero-order valence-corrected chi connectivity index (χ0v) is 32.0. The Balaban J connectivity index is 4.64. The molecule has 0 saturated heterocycles. The van der Waals surface area contributed by atoms with E-state index in [4.69, 9.17) is 14.9 Å². The van der Waals surface area contributed by atoms with E-state index in [1.54, 1.807) is 0 Å². The van der Waals surface area contributed by atoms with Crippen molar-refractivity contribution in [1.29, 1.82) is 0 Å². The van der Waals surface area contributed by atoms with Crippen molar-refractivity contribution in [1.82, 2.24) is 10.6 Å². The number of aliphatic carboxylic acids is 1. The first-order chi connectivity index (χ1) is 25.3. The minimum absolute atomic E-state index is 0.174. The van der Waals surface area contributed by atoms with E-state index in [2.05, 4.69) is 97.4 Å². The molecule has 9 nitrogen and oxygen atoms in total. The number of carbonyl (C=O) groups excluding carboxylic acids is 3. The molecule has 0 fully saturated rings. The number of carboxylic acid groups (broad SMARTS) is 1. The molecule has 0 bridgehead atoms. The smallest absolute Gasteiger partial charge is 0.328 e. The highest BCUT2D eigenvalue weighted by atomic mass is 16.5. The van der Waals surface area contributed by atoms with Gasteiger partial charge < -0.3 is 25.6 Å². The summed E-state index contributed by atoms with van der Waals surface area (Å²) in [6, 6.07) is -1.42. The van der Waals surface area contributed by atoms with Gasteiger partial charge in [-0.05, 0) is 89.5 Å². The molecule has 2 atom stereocenters. The average Bonchev–Trinajstić information content (AvgIpc) is 3.13. The van der Waals surface area contributed by atoms with Gasteiger partial charge in [0.15, 0.2) is 0 Å². The summed E-state index contributed by atoms with van der Waals surface area (Å²) in [7, 11) is 0. The maximum atomic E-state index is 12.7. The lowest BCUT2D eigenvalue weighted by atomic mass is 10.1. The average molecular weight is 725 g/mol. The summed E-state index contributed by atoms with van der Waals surface area (Å²) >= 11 is 0. The maximum absolute atomic E-state index is 12.7. The molecule has 0 radical (unpaired) electrons. The molecule has 0 aliphatic rings. The largest absolute Gasteiger partial charge is 0.480 e. The number of hydrogen-bond acceptors (Lipinski definition) is 6. The second-order valence-corrected chi connectivity index (χ2v) is 12.6. The van der Waals surface area contributed by atoms with E-state index in [0.29, 0.717) is 25.7 Å². The van der Waals surface area contributed by atoms with Crippen molar-refractivity contribution in [2.45, 2.75) is 148 Å². The van der Waals surface area contributed by atoms with Gasteiger partial charge in [-0.3, -0.25) is 14.4 Å². The molecule has 4 N–H and O–H groups in total. The van der Waals surface area contributed by atoms with Gasteiger partial charge in [0.05, 0.1) is 13.2 Å². The minimum atomic E-state index is -1.42. The van der Waals surface area contributed by atoms with Crippen LogP contribution in [-0.2, 0) is 23.9 Å². The van der Waals surface area contributed by atoms with Gasteiger partial charge in [0.1, 0.15) is 12.1 Å². The molecule has 0 aliphatic carbocycles. The third kappa shape index (κ3) is 33.2. The van der Waals surface area contributed by atoms with Crippen molar-refractivity contribution in [3.05, 3.63) is 85.1 Å². The number of aliphatic hydroxyl groups excluding tert-OH is 1. The van der Waals surface area contributed by atoms with E-state index < -0.39 is 24.5 Å². The van der Waals surface area contributed by atoms with Crippen LogP contribution in [0.4, 0.5) is 0 Å². The van der Waals surface area contributed by atoms with Gasteiger partial charge in [0.2, 0.25) is 11.8 Å². The summed E-state index contributed by atoms with van der Waals surface area (Å²) in [6.07, 6.45) is 46.1. The van der Waals surface area contributed by atoms with Crippen molar-refractivity contribution < 1.29 is 34.1 Å². The first kappa shape index (κ1) is 48.0. The number of nitrogens with one attached hydrogen (secondary N) is 2. The predicted molar refractivity (Wildman–Crippen MR) is 213 cm³/mol. The second kappa shape index (κ2) is 36.8. The first-order valence-corrected chi connectivity index (χ1v) is 19.5. The van der Waals surface area contributed by atoms with Gasteiger partial charge in [0, 0.05) is 12.8 Å². The highest BCUT2D eigenvalue weighted by molar-refractivity contribution is 5.87. The number of rotatable bonds is 33. The second-order valence-electron chi connectivity index (χ2n) is 12.6. The molecule has 0 aliphatic heterocycles. The number of allylic oxidation sites excluding steroid dienone is 13. The Morgan fingerprint density at radius 1 is 0.615 bits per heavy atom. The Hall–Kier alpha value is -3.98. The van der Waals surface area contributed by atoms with Crippen molar-refractivity contribution in [2.24, 2.45) is 0 Å². The lowest BCUT2D eigenvalue weighted by molar-refractivity contribution is -0.147. The number of ether oxygens (including phenoxy) is 1. The number of carboxylic acids is 1. The van der Waals surface area contributed by atoms with E-state index >= 15 is 0 Å². The number of aliphatic hydroxyl groups is 1. The Labute approximate surface area is 314 Å². The van der Waals surface area contributed by atoms with Crippen LogP contribution in [0.2, 0.25) is 0 Å². The highest BCUT2D eigenvalue weighted by Crippen LogP contribution is 2.13. The SMILES string of the molecule is CC/C=C\C/C=C\C/C=C\C/C=C\C/C=C\C(CCCCC(=O)NCC(=O)NC(CO)C(=O)O)OC(=O)CCCCCCC/C=C\C/C=C\CCC. The topological polar surface area (TPSA) is 142 Å². The monoisotopic (exact) mass is 725 g/mol. The number of amides is 2. The molecular formula is C43H68N2O7. The van der Waals surface area contributed by atoms with Crippen LogP contribution in [0.1, 0.15) is 136 Å². The lowest BCUT2D eigenvalue weighted by Crippen LogP contribution is -2.47. The quantitative estimate of drug-likeness (QED) is 0.0301. The van der Waals surface area contributed by atoms with Crippen LogP contribution in [0.15, 0.2) is 85.1 Å². The molecule has 0 saturated carbocycles. The van der Waals surface area contributed by atoms with Crippen LogP contribution in [0.25, 0.3) is 0 Å². The van der Waals surface area contributed by atoms with Crippen LogP contribution in [0.3, 0.4) is 0 Å².